The molecule has 0 amide bonds. The van der Waals surface area contributed by atoms with Gasteiger partial charge >= 0.3 is 6.18 Å². The Labute approximate surface area is 118 Å². The molecule has 1 aromatic carbocycles. The summed E-state index contributed by atoms with van der Waals surface area (Å²) < 4.78 is 49.5. The number of rotatable bonds is 4. The number of furan rings is 1. The number of nitriles is 1. The number of alkyl halides is 3. The van der Waals surface area contributed by atoms with Crippen LogP contribution < -0.4 is 10.5 Å². The molecule has 1 aromatic heterocycles. The molecule has 2 N–H and O–H groups in total. The number of nitrogens with zero attached hydrogens (tertiary/aromatic N) is 1. The Morgan fingerprint density at radius 3 is 2.62 bits per heavy atom. The van der Waals surface area contributed by atoms with Gasteiger partial charge < -0.3 is 14.9 Å². The van der Waals surface area contributed by atoms with E-state index in [0.717, 1.165) is 12.1 Å². The van der Waals surface area contributed by atoms with Crippen molar-refractivity contribution in [2.75, 3.05) is 6.54 Å². The van der Waals surface area contributed by atoms with Gasteiger partial charge in [0.25, 0.3) is 0 Å². The molecule has 0 spiro atoms. The summed E-state index contributed by atoms with van der Waals surface area (Å²) in [5, 5.41) is 8.70. The summed E-state index contributed by atoms with van der Waals surface area (Å²) in [6, 6.07) is 7.91. The molecular formula is C14H11F3N2O2. The van der Waals surface area contributed by atoms with Crippen LogP contribution in [0.3, 0.4) is 0 Å². The fraction of sp³-hybridized carbons (Fsp3) is 0.214. The number of ether oxygens (including phenoxy) is 1. The van der Waals surface area contributed by atoms with Gasteiger partial charge in [-0.15, -0.1) is 0 Å². The van der Waals surface area contributed by atoms with Gasteiger partial charge in [-0.25, -0.2) is 0 Å². The molecule has 4 nitrogen and oxygen atoms in total. The van der Waals surface area contributed by atoms with Crippen molar-refractivity contribution < 1.29 is 22.3 Å². The highest BCUT2D eigenvalue weighted by molar-refractivity contribution is 5.43. The Kier molecular flexibility index (Phi) is 4.19. The van der Waals surface area contributed by atoms with Crippen molar-refractivity contribution in [2.45, 2.75) is 12.3 Å². The summed E-state index contributed by atoms with van der Waals surface area (Å²) in [7, 11) is 0. The molecule has 0 saturated carbocycles. The Morgan fingerprint density at radius 2 is 2.10 bits per heavy atom. The smallest absolute Gasteiger partial charge is 0.420 e. The molecule has 0 fully saturated rings. The first-order valence-electron chi connectivity index (χ1n) is 5.97. The lowest BCUT2D eigenvalue weighted by atomic mass is 10.1. The third-order valence-corrected chi connectivity index (χ3v) is 2.76. The Morgan fingerprint density at radius 1 is 1.33 bits per heavy atom. The van der Waals surface area contributed by atoms with Gasteiger partial charge in [0.15, 0.2) is 6.10 Å². The van der Waals surface area contributed by atoms with E-state index in [1.54, 1.807) is 18.2 Å². The molecule has 7 heteroatoms. The van der Waals surface area contributed by atoms with Crippen molar-refractivity contribution in [3.8, 4) is 11.8 Å². The van der Waals surface area contributed by atoms with Gasteiger partial charge in [0.2, 0.25) is 0 Å². The number of hydrogen-bond donors (Lipinski definition) is 1. The highest BCUT2D eigenvalue weighted by Crippen LogP contribution is 2.38. The topological polar surface area (TPSA) is 72.2 Å². The van der Waals surface area contributed by atoms with Crippen molar-refractivity contribution in [3.63, 3.8) is 0 Å². The fourth-order valence-electron chi connectivity index (χ4n) is 1.77. The van der Waals surface area contributed by atoms with Crippen LogP contribution in [0.25, 0.3) is 0 Å². The largest absolute Gasteiger partial charge is 0.481 e. The molecule has 2 aromatic rings. The first-order chi connectivity index (χ1) is 9.95. The van der Waals surface area contributed by atoms with Crippen LogP contribution in [0.2, 0.25) is 0 Å². The average Bonchev–Trinajstić information content (AvgIpc) is 2.97. The molecule has 1 heterocycles. The molecule has 0 saturated heterocycles. The predicted molar refractivity (Wildman–Crippen MR) is 67.3 cm³/mol. The molecule has 0 radical (unpaired) electrons. The molecule has 0 aliphatic rings. The standard InChI is InChI=1S/C14H11F3N2O2/c15-14(16,17)10-6-9(7-18)3-4-11(10)21-13(8-19)12-2-1-5-20-12/h1-6,13H,8,19H2. The second-order valence-corrected chi connectivity index (χ2v) is 4.18. The maximum Gasteiger partial charge on any atom is 0.420 e. The van der Waals surface area contributed by atoms with Gasteiger partial charge in [0, 0.05) is 6.54 Å². The lowest BCUT2D eigenvalue weighted by Crippen LogP contribution is -2.19. The van der Waals surface area contributed by atoms with Crippen LogP contribution in [0.4, 0.5) is 13.2 Å². The Bertz CT molecular complexity index is 645. The second kappa shape index (κ2) is 5.89. The minimum absolute atomic E-state index is 0.0508. The van der Waals surface area contributed by atoms with Crippen LogP contribution in [0.5, 0.6) is 5.75 Å². The molecule has 0 aliphatic heterocycles. The predicted octanol–water partition coefficient (Wildman–Crippen LogP) is 3.25. The van der Waals surface area contributed by atoms with Crippen LogP contribution >= 0.6 is 0 Å². The van der Waals surface area contributed by atoms with Gasteiger partial charge in [0.1, 0.15) is 11.5 Å². The number of halogens is 3. The van der Waals surface area contributed by atoms with Crippen molar-refractivity contribution in [2.24, 2.45) is 5.73 Å². The van der Waals surface area contributed by atoms with Crippen LogP contribution in [-0.2, 0) is 6.18 Å². The van der Waals surface area contributed by atoms with Gasteiger partial charge in [-0.3, -0.25) is 0 Å². The van der Waals surface area contributed by atoms with Gasteiger partial charge in [-0.1, -0.05) is 0 Å². The van der Waals surface area contributed by atoms with Gasteiger partial charge in [0.05, 0.1) is 23.5 Å². The summed E-state index contributed by atoms with van der Waals surface area (Å²) in [5.41, 5.74) is 4.39. The van der Waals surface area contributed by atoms with E-state index in [-0.39, 0.29) is 12.1 Å². The first-order valence-corrected chi connectivity index (χ1v) is 5.97. The van der Waals surface area contributed by atoms with Gasteiger partial charge in [-0.2, -0.15) is 18.4 Å². The maximum absolute atomic E-state index is 13.0. The molecule has 1 atom stereocenters. The summed E-state index contributed by atoms with van der Waals surface area (Å²) in [4.78, 5) is 0. The van der Waals surface area contributed by atoms with E-state index in [0.29, 0.717) is 5.76 Å². The lowest BCUT2D eigenvalue weighted by Gasteiger charge is -2.19. The van der Waals surface area contributed by atoms with Crippen molar-refractivity contribution in [3.05, 3.63) is 53.5 Å². The van der Waals surface area contributed by atoms with E-state index in [1.165, 1.54) is 12.3 Å². The maximum atomic E-state index is 13.0. The summed E-state index contributed by atoms with van der Waals surface area (Å²) >= 11 is 0. The molecular weight excluding hydrogens is 285 g/mol. The SMILES string of the molecule is N#Cc1ccc(OC(CN)c2ccco2)c(C(F)(F)F)c1. The van der Waals surface area contributed by atoms with E-state index in [2.05, 4.69) is 0 Å². The third kappa shape index (κ3) is 3.35. The zero-order valence-corrected chi connectivity index (χ0v) is 10.7. The quantitative estimate of drug-likeness (QED) is 0.940. The molecule has 110 valence electrons. The average molecular weight is 296 g/mol. The van der Waals surface area contributed by atoms with E-state index in [4.69, 9.17) is 20.1 Å². The zero-order chi connectivity index (χ0) is 15.5. The van der Waals surface area contributed by atoms with Crippen LogP contribution in [0, 0.1) is 11.3 Å². The van der Waals surface area contributed by atoms with E-state index in [1.807, 2.05) is 0 Å². The van der Waals surface area contributed by atoms with Crippen LogP contribution in [0.1, 0.15) is 23.0 Å². The van der Waals surface area contributed by atoms with Gasteiger partial charge in [-0.05, 0) is 30.3 Å². The number of benzene rings is 1. The highest BCUT2D eigenvalue weighted by Gasteiger charge is 2.35. The number of hydrogen-bond acceptors (Lipinski definition) is 4. The summed E-state index contributed by atoms with van der Waals surface area (Å²) in [5.74, 6) is -0.0664. The normalized spacial score (nSPS) is 12.7. The van der Waals surface area contributed by atoms with E-state index < -0.39 is 23.6 Å². The van der Waals surface area contributed by atoms with Crippen molar-refractivity contribution >= 4 is 0 Å². The molecule has 2 rings (SSSR count). The van der Waals surface area contributed by atoms with Crippen LogP contribution in [-0.4, -0.2) is 6.54 Å². The van der Waals surface area contributed by atoms with E-state index in [9.17, 15) is 13.2 Å². The summed E-state index contributed by atoms with van der Waals surface area (Å²) in [6.07, 6.45) is -4.09. The van der Waals surface area contributed by atoms with Crippen LogP contribution in [0.15, 0.2) is 41.0 Å². The first kappa shape index (κ1) is 14.9. The fourth-order valence-corrected chi connectivity index (χ4v) is 1.77. The van der Waals surface area contributed by atoms with E-state index >= 15 is 0 Å². The minimum atomic E-state index is -4.63. The second-order valence-electron chi connectivity index (χ2n) is 4.18. The number of nitrogens with two attached hydrogens (primary N) is 1. The third-order valence-electron chi connectivity index (χ3n) is 2.76. The minimum Gasteiger partial charge on any atom is -0.481 e. The van der Waals surface area contributed by atoms with Crippen molar-refractivity contribution in [1.82, 2.24) is 0 Å². The highest BCUT2D eigenvalue weighted by atomic mass is 19.4. The molecule has 0 aliphatic carbocycles. The molecule has 1 unspecified atom stereocenters. The van der Waals surface area contributed by atoms with Crippen molar-refractivity contribution in [1.29, 1.82) is 5.26 Å². The molecule has 21 heavy (non-hydrogen) atoms. The Balaban J connectivity index is 2.37. The monoisotopic (exact) mass is 296 g/mol. The zero-order valence-electron chi connectivity index (χ0n) is 10.7. The summed E-state index contributed by atoms with van der Waals surface area (Å²) in [6.45, 7) is -0.0508. The lowest BCUT2D eigenvalue weighted by molar-refractivity contribution is -0.139. The Hall–Kier alpha value is -2.46. The molecule has 0 bridgehead atoms.